The van der Waals surface area contributed by atoms with E-state index >= 15 is 0 Å². The molecule has 36 heavy (non-hydrogen) atoms. The lowest BCUT2D eigenvalue weighted by atomic mass is 9.80. The van der Waals surface area contributed by atoms with E-state index in [0.29, 0.717) is 29.2 Å². The van der Waals surface area contributed by atoms with E-state index in [1.165, 1.54) is 51.4 Å². The molecule has 1 aliphatic heterocycles. The van der Waals surface area contributed by atoms with Crippen molar-refractivity contribution in [1.29, 1.82) is 0 Å². The van der Waals surface area contributed by atoms with Crippen molar-refractivity contribution in [2.45, 2.75) is 104 Å². The number of nitrogens with one attached hydrogen (secondary N) is 1. The molecule has 0 aromatic carbocycles. The Morgan fingerprint density at radius 2 is 1.81 bits per heavy atom. The summed E-state index contributed by atoms with van der Waals surface area (Å²) in [6, 6.07) is 0.461. The molecule has 2 aliphatic carbocycles. The molecule has 3 heterocycles. The lowest BCUT2D eigenvalue weighted by Gasteiger charge is -2.38. The molecule has 2 aromatic heterocycles. The Morgan fingerprint density at radius 1 is 1.06 bits per heavy atom. The molecule has 3 atom stereocenters. The number of nitrogens with zero attached hydrogens (tertiary/aromatic N) is 5. The van der Waals surface area contributed by atoms with Gasteiger partial charge in [-0.1, -0.05) is 40.0 Å². The zero-order chi connectivity index (χ0) is 25.4. The van der Waals surface area contributed by atoms with E-state index < -0.39 is 5.97 Å². The first-order valence-corrected chi connectivity index (χ1v) is 14.4. The summed E-state index contributed by atoms with van der Waals surface area (Å²) in [4.78, 5) is 28.7. The Morgan fingerprint density at radius 3 is 2.44 bits per heavy atom. The molecule has 1 saturated heterocycles. The molecule has 5 rings (SSSR count). The molecule has 2 N–H and O–H groups in total. The summed E-state index contributed by atoms with van der Waals surface area (Å²) in [5.41, 5.74) is 1.42. The second-order valence-electron chi connectivity index (χ2n) is 12.0. The largest absolute Gasteiger partial charge is 0.475 e. The quantitative estimate of drug-likeness (QED) is 0.481. The molecule has 8 nitrogen and oxygen atoms in total. The maximum absolute atomic E-state index is 12.0. The normalized spacial score (nSPS) is 28.7. The van der Waals surface area contributed by atoms with Crippen LogP contribution in [0.3, 0.4) is 0 Å². The zero-order valence-corrected chi connectivity index (χ0v) is 22.5. The van der Waals surface area contributed by atoms with Crippen LogP contribution in [-0.4, -0.2) is 54.6 Å². The molecular weight excluding hydrogens is 452 g/mol. The molecule has 3 aliphatic rings. The van der Waals surface area contributed by atoms with Gasteiger partial charge in [0.25, 0.3) is 0 Å². The summed E-state index contributed by atoms with van der Waals surface area (Å²) in [6.07, 6.45) is 11.0. The van der Waals surface area contributed by atoms with Crippen LogP contribution in [0.2, 0.25) is 0 Å². The Balaban J connectivity index is 1.62. The van der Waals surface area contributed by atoms with Crippen molar-refractivity contribution in [3.05, 3.63) is 11.6 Å². The number of imidazole rings is 1. The predicted molar refractivity (Wildman–Crippen MR) is 142 cm³/mol. The first kappa shape index (κ1) is 25.4. The second kappa shape index (κ2) is 10.6. The van der Waals surface area contributed by atoms with Gasteiger partial charge in [-0.15, -0.1) is 0 Å². The summed E-state index contributed by atoms with van der Waals surface area (Å²) in [6.45, 7) is 12.1. The van der Waals surface area contributed by atoms with E-state index in [2.05, 4.69) is 52.4 Å². The first-order valence-electron chi connectivity index (χ1n) is 14.4. The molecule has 2 unspecified atom stereocenters. The molecule has 8 heteroatoms. The third-order valence-corrected chi connectivity index (χ3v) is 9.30. The molecule has 0 bridgehead atoms. The maximum Gasteiger partial charge on any atom is 0.374 e. The van der Waals surface area contributed by atoms with Gasteiger partial charge in [0.2, 0.25) is 5.82 Å². The van der Waals surface area contributed by atoms with Crippen LogP contribution in [0, 0.1) is 23.7 Å². The van der Waals surface area contributed by atoms with Gasteiger partial charge in [-0.05, 0) is 82.2 Å². The lowest BCUT2D eigenvalue weighted by molar-refractivity contribution is 0.0684. The van der Waals surface area contributed by atoms with Gasteiger partial charge in [-0.25, -0.2) is 19.7 Å². The Bertz CT molecular complexity index is 1070. The van der Waals surface area contributed by atoms with Crippen LogP contribution < -0.4 is 5.32 Å². The topological polar surface area (TPSA) is 96.2 Å². The summed E-state index contributed by atoms with van der Waals surface area (Å²) in [5, 5.41) is 13.4. The van der Waals surface area contributed by atoms with Gasteiger partial charge in [0, 0.05) is 12.6 Å². The number of hydrogen-bond donors (Lipinski definition) is 2. The van der Waals surface area contributed by atoms with Crippen molar-refractivity contribution in [3.63, 3.8) is 0 Å². The highest BCUT2D eigenvalue weighted by atomic mass is 16.4. The number of fused-ring (bicyclic) bond motifs is 1. The van der Waals surface area contributed by atoms with E-state index in [1.807, 2.05) is 0 Å². The average molecular weight is 497 g/mol. The van der Waals surface area contributed by atoms with Gasteiger partial charge in [0.05, 0.1) is 6.04 Å². The van der Waals surface area contributed by atoms with Crippen LogP contribution in [-0.2, 0) is 6.54 Å². The van der Waals surface area contributed by atoms with Crippen LogP contribution in [0.1, 0.15) is 108 Å². The summed E-state index contributed by atoms with van der Waals surface area (Å²) >= 11 is 0. The monoisotopic (exact) mass is 496 g/mol. The van der Waals surface area contributed by atoms with E-state index in [0.717, 1.165) is 43.3 Å². The summed E-state index contributed by atoms with van der Waals surface area (Å²) < 4.78 is 2.39. The Labute approximate surface area is 215 Å². The number of hydrogen-bond acceptors (Lipinski definition) is 6. The van der Waals surface area contributed by atoms with Crippen LogP contribution in [0.5, 0.6) is 0 Å². The average Bonchev–Trinajstić information content (AvgIpc) is 3.17. The number of aromatic nitrogens is 4. The number of aromatic carboxylic acids is 1. The number of carbonyl (C=O) groups is 1. The third-order valence-electron chi connectivity index (χ3n) is 9.30. The third kappa shape index (κ3) is 5.11. The van der Waals surface area contributed by atoms with E-state index in [1.54, 1.807) is 0 Å². The van der Waals surface area contributed by atoms with Crippen molar-refractivity contribution in [1.82, 2.24) is 24.4 Å². The standard InChI is InChI=1S/C28H44N6O2/c1-5-33-14-13-18(3)15-22(33)27-32-25-23(34(27)16-20-11-9-17(2)10-12-20)24(30-26(31-25)28(35)36)29-19(4)21-7-6-8-21/h17-22H,5-16H2,1-4H3,(H,35,36)(H,29,30,31)/t17?,18?,19-,20?,22?/m1/s1. The smallest absolute Gasteiger partial charge is 0.374 e. The zero-order valence-electron chi connectivity index (χ0n) is 22.5. The second-order valence-corrected chi connectivity index (χ2v) is 12.0. The van der Waals surface area contributed by atoms with E-state index in [4.69, 9.17) is 4.98 Å². The number of rotatable bonds is 8. The number of piperidine rings is 1. The Hall–Kier alpha value is -2.22. The van der Waals surface area contributed by atoms with Crippen LogP contribution in [0.25, 0.3) is 11.2 Å². The van der Waals surface area contributed by atoms with Crippen molar-refractivity contribution in [2.24, 2.45) is 23.7 Å². The molecule has 198 valence electrons. The maximum atomic E-state index is 12.0. The fraction of sp³-hybridized carbons (Fsp3) is 0.786. The van der Waals surface area contributed by atoms with Gasteiger partial charge in [0.1, 0.15) is 11.3 Å². The van der Waals surface area contributed by atoms with Crippen molar-refractivity contribution in [3.8, 4) is 0 Å². The number of likely N-dealkylation sites (tertiary alicyclic amines) is 1. The van der Waals surface area contributed by atoms with Crippen LogP contribution >= 0.6 is 0 Å². The van der Waals surface area contributed by atoms with E-state index in [-0.39, 0.29) is 17.9 Å². The van der Waals surface area contributed by atoms with Crippen LogP contribution in [0.15, 0.2) is 0 Å². The molecule has 2 saturated carbocycles. The van der Waals surface area contributed by atoms with Crippen molar-refractivity contribution < 1.29 is 9.90 Å². The summed E-state index contributed by atoms with van der Waals surface area (Å²) in [5.74, 6) is 3.07. The van der Waals surface area contributed by atoms with Crippen LogP contribution in [0.4, 0.5) is 5.82 Å². The highest BCUT2D eigenvalue weighted by molar-refractivity contribution is 5.90. The molecule has 2 aromatic rings. The molecular formula is C28H44N6O2. The van der Waals surface area contributed by atoms with Gasteiger partial charge in [-0.2, -0.15) is 0 Å². The predicted octanol–water partition coefficient (Wildman–Crippen LogP) is 5.74. The molecule has 0 radical (unpaired) electrons. The molecule has 3 fully saturated rings. The van der Waals surface area contributed by atoms with Gasteiger partial charge < -0.3 is 15.0 Å². The SMILES string of the molecule is CCN1CCC(C)CC1c1nc2nc(C(=O)O)nc(N[C@H](C)C3CCC3)c2n1CC1CCC(C)CC1. The van der Waals surface area contributed by atoms with Gasteiger partial charge >= 0.3 is 5.97 Å². The lowest BCUT2D eigenvalue weighted by Crippen LogP contribution is -2.37. The minimum atomic E-state index is -1.10. The number of carboxylic acid groups (broad SMARTS) is 1. The molecule has 0 amide bonds. The van der Waals surface area contributed by atoms with Crippen molar-refractivity contribution >= 4 is 23.0 Å². The van der Waals surface area contributed by atoms with Crippen molar-refractivity contribution in [2.75, 3.05) is 18.4 Å². The Kier molecular flexibility index (Phi) is 7.52. The van der Waals surface area contributed by atoms with Gasteiger partial charge in [0.15, 0.2) is 11.5 Å². The highest BCUT2D eigenvalue weighted by Crippen LogP contribution is 2.39. The minimum absolute atomic E-state index is 0.169. The fourth-order valence-electron chi connectivity index (χ4n) is 6.57. The number of carboxylic acids is 1. The van der Waals surface area contributed by atoms with Gasteiger partial charge in [-0.3, -0.25) is 4.90 Å². The summed E-state index contributed by atoms with van der Waals surface area (Å²) in [7, 11) is 0. The molecule has 0 spiro atoms. The minimum Gasteiger partial charge on any atom is -0.475 e. The fourth-order valence-corrected chi connectivity index (χ4v) is 6.57. The number of anilines is 1. The first-order chi connectivity index (χ1) is 17.3. The highest BCUT2D eigenvalue weighted by Gasteiger charge is 2.34. The van der Waals surface area contributed by atoms with E-state index in [9.17, 15) is 9.90 Å².